The first-order valence-corrected chi connectivity index (χ1v) is 8.08. The fraction of sp³-hybridized carbons (Fsp3) is 0.267. The lowest BCUT2D eigenvalue weighted by molar-refractivity contribution is -0.383. The zero-order valence-corrected chi connectivity index (χ0v) is 14.3. The van der Waals surface area contributed by atoms with Gasteiger partial charge in [-0.1, -0.05) is 17.7 Å². The first-order valence-electron chi connectivity index (χ1n) is 7.70. The van der Waals surface area contributed by atoms with Crippen LogP contribution in [-0.2, 0) is 4.74 Å². The highest BCUT2D eigenvalue weighted by molar-refractivity contribution is 6.30. The number of rotatable bonds is 5. The van der Waals surface area contributed by atoms with E-state index in [0.29, 0.717) is 36.9 Å². The van der Waals surface area contributed by atoms with Gasteiger partial charge in [-0.05, 0) is 18.2 Å². The van der Waals surface area contributed by atoms with Crippen LogP contribution < -0.4 is 15.8 Å². The molecule has 2 heterocycles. The molecule has 11 heteroatoms. The average Bonchev–Trinajstić information content (AvgIpc) is 2.66. The summed E-state index contributed by atoms with van der Waals surface area (Å²) in [5.41, 5.74) is 4.86. The van der Waals surface area contributed by atoms with Crippen LogP contribution in [0.25, 0.3) is 0 Å². The number of hydrazine groups is 1. The van der Waals surface area contributed by atoms with Gasteiger partial charge in [0.25, 0.3) is 5.91 Å². The van der Waals surface area contributed by atoms with Gasteiger partial charge in [-0.25, -0.2) is 9.97 Å². The third-order valence-electron chi connectivity index (χ3n) is 3.68. The molecule has 0 saturated carbocycles. The van der Waals surface area contributed by atoms with Crippen molar-refractivity contribution in [3.63, 3.8) is 0 Å². The Hall–Kier alpha value is -2.98. The van der Waals surface area contributed by atoms with Crippen LogP contribution >= 0.6 is 11.6 Å². The highest BCUT2D eigenvalue weighted by atomic mass is 35.5. The zero-order valence-electron chi connectivity index (χ0n) is 13.5. The average molecular weight is 379 g/mol. The fourth-order valence-corrected chi connectivity index (χ4v) is 2.64. The summed E-state index contributed by atoms with van der Waals surface area (Å²) >= 11 is 5.85. The third-order valence-corrected chi connectivity index (χ3v) is 3.91. The van der Waals surface area contributed by atoms with Gasteiger partial charge >= 0.3 is 5.69 Å². The molecule has 10 nitrogen and oxygen atoms in total. The Morgan fingerprint density at radius 1 is 1.31 bits per heavy atom. The monoisotopic (exact) mass is 378 g/mol. The molecule has 136 valence electrons. The van der Waals surface area contributed by atoms with Gasteiger partial charge < -0.3 is 9.64 Å². The number of halogens is 1. The molecular formula is C15H15ClN6O4. The van der Waals surface area contributed by atoms with E-state index in [-0.39, 0.29) is 17.3 Å². The number of carbonyl (C=O) groups is 1. The van der Waals surface area contributed by atoms with Crippen molar-refractivity contribution in [2.75, 3.05) is 36.6 Å². The zero-order chi connectivity index (χ0) is 18.5. The van der Waals surface area contributed by atoms with Crippen molar-refractivity contribution in [2.45, 2.75) is 0 Å². The summed E-state index contributed by atoms with van der Waals surface area (Å²) in [6, 6.07) is 6.30. The lowest BCUT2D eigenvalue weighted by Crippen LogP contribution is -2.37. The second-order valence-corrected chi connectivity index (χ2v) is 5.78. The maximum Gasteiger partial charge on any atom is 0.355 e. The van der Waals surface area contributed by atoms with Crippen LogP contribution in [0.3, 0.4) is 0 Å². The Bertz CT molecular complexity index is 828. The van der Waals surface area contributed by atoms with Crippen LogP contribution in [0.2, 0.25) is 5.02 Å². The van der Waals surface area contributed by atoms with Gasteiger partial charge in [-0.3, -0.25) is 25.8 Å². The first-order chi connectivity index (χ1) is 12.6. The standard InChI is InChI=1S/C15H15ClN6O4/c16-11-3-1-2-10(8-11)15(23)20-19-13-12(22(24)25)14(18-9-17-13)21-4-6-26-7-5-21/h1-3,8-9H,4-7H2,(H,20,23)(H,17,18,19). The van der Waals surface area contributed by atoms with Gasteiger partial charge in [0, 0.05) is 23.7 Å². The van der Waals surface area contributed by atoms with Crippen LogP contribution in [0.1, 0.15) is 10.4 Å². The number of nitro groups is 1. The molecule has 0 spiro atoms. The van der Waals surface area contributed by atoms with Gasteiger partial charge in [0.15, 0.2) is 0 Å². The second kappa shape index (κ2) is 7.93. The predicted molar refractivity (Wildman–Crippen MR) is 94.3 cm³/mol. The Morgan fingerprint density at radius 3 is 2.77 bits per heavy atom. The summed E-state index contributed by atoms with van der Waals surface area (Å²) < 4.78 is 5.25. The van der Waals surface area contributed by atoms with E-state index in [1.807, 2.05) is 0 Å². The molecule has 26 heavy (non-hydrogen) atoms. The van der Waals surface area contributed by atoms with Crippen molar-refractivity contribution >= 4 is 34.8 Å². The number of morpholine rings is 1. The Labute approximate surface area is 153 Å². The topological polar surface area (TPSA) is 123 Å². The SMILES string of the molecule is O=C(NNc1ncnc(N2CCOCC2)c1[N+](=O)[O-])c1cccc(Cl)c1. The summed E-state index contributed by atoms with van der Waals surface area (Å²) in [6.45, 7) is 1.86. The van der Waals surface area contributed by atoms with Crippen molar-refractivity contribution in [2.24, 2.45) is 0 Å². The van der Waals surface area contributed by atoms with E-state index in [2.05, 4.69) is 20.8 Å². The van der Waals surface area contributed by atoms with Crippen LogP contribution in [0, 0.1) is 10.1 Å². The molecule has 0 aliphatic carbocycles. The number of nitrogens with one attached hydrogen (secondary N) is 2. The Kier molecular flexibility index (Phi) is 5.44. The molecule has 0 bridgehead atoms. The highest BCUT2D eigenvalue weighted by Crippen LogP contribution is 2.31. The normalized spacial score (nSPS) is 14.0. The van der Waals surface area contributed by atoms with Crippen LogP contribution in [-0.4, -0.2) is 47.1 Å². The van der Waals surface area contributed by atoms with E-state index in [9.17, 15) is 14.9 Å². The molecule has 2 N–H and O–H groups in total. The summed E-state index contributed by atoms with van der Waals surface area (Å²) in [4.78, 5) is 32.8. The number of nitrogens with zero attached hydrogens (tertiary/aromatic N) is 4. The number of benzene rings is 1. The molecule has 0 unspecified atom stereocenters. The summed E-state index contributed by atoms with van der Waals surface area (Å²) in [7, 11) is 0. The smallest absolute Gasteiger partial charge is 0.355 e. The van der Waals surface area contributed by atoms with Crippen molar-refractivity contribution in [3.8, 4) is 0 Å². The molecule has 0 atom stereocenters. The minimum Gasteiger partial charge on any atom is -0.378 e. The molecule has 1 fully saturated rings. The molecule has 1 aromatic carbocycles. The molecule has 1 aliphatic rings. The van der Waals surface area contributed by atoms with Gasteiger partial charge in [-0.2, -0.15) is 0 Å². The largest absolute Gasteiger partial charge is 0.378 e. The summed E-state index contributed by atoms with van der Waals surface area (Å²) in [5.74, 6) is -0.442. The second-order valence-electron chi connectivity index (χ2n) is 5.34. The summed E-state index contributed by atoms with van der Waals surface area (Å²) in [6.07, 6.45) is 1.20. The van der Waals surface area contributed by atoms with Crippen LogP contribution in [0.4, 0.5) is 17.3 Å². The van der Waals surface area contributed by atoms with Gasteiger partial charge in [0.1, 0.15) is 6.33 Å². The van der Waals surface area contributed by atoms with Crippen molar-refractivity contribution in [1.29, 1.82) is 0 Å². The minimum absolute atomic E-state index is 0.109. The van der Waals surface area contributed by atoms with Crippen LogP contribution in [0.5, 0.6) is 0 Å². The molecule has 1 aromatic heterocycles. The minimum atomic E-state index is -0.585. The molecule has 3 rings (SSSR count). The Balaban J connectivity index is 1.81. The summed E-state index contributed by atoms with van der Waals surface area (Å²) in [5, 5.41) is 11.9. The first kappa shape index (κ1) is 17.8. The van der Waals surface area contributed by atoms with E-state index in [0.717, 1.165) is 0 Å². The number of carbonyl (C=O) groups excluding carboxylic acids is 1. The van der Waals surface area contributed by atoms with Crippen LogP contribution in [0.15, 0.2) is 30.6 Å². The maximum atomic E-state index is 12.2. The Morgan fingerprint density at radius 2 is 2.08 bits per heavy atom. The molecular weight excluding hydrogens is 364 g/mol. The van der Waals surface area contributed by atoms with Crippen molar-refractivity contribution in [1.82, 2.24) is 15.4 Å². The van der Waals surface area contributed by atoms with Gasteiger partial charge in [-0.15, -0.1) is 0 Å². The number of ether oxygens (including phenoxy) is 1. The van der Waals surface area contributed by atoms with E-state index in [1.54, 1.807) is 23.1 Å². The quantitative estimate of drug-likeness (QED) is 0.594. The van der Waals surface area contributed by atoms with Gasteiger partial charge in [0.05, 0.1) is 18.1 Å². The molecule has 1 aliphatic heterocycles. The third kappa shape index (κ3) is 3.98. The number of aromatic nitrogens is 2. The number of anilines is 2. The molecule has 0 radical (unpaired) electrons. The van der Waals surface area contributed by atoms with E-state index >= 15 is 0 Å². The fourth-order valence-electron chi connectivity index (χ4n) is 2.45. The van der Waals surface area contributed by atoms with Crippen molar-refractivity contribution < 1.29 is 14.5 Å². The van der Waals surface area contributed by atoms with E-state index in [4.69, 9.17) is 16.3 Å². The number of amides is 1. The molecule has 1 saturated heterocycles. The molecule has 2 aromatic rings. The van der Waals surface area contributed by atoms with Crippen molar-refractivity contribution in [3.05, 3.63) is 51.3 Å². The highest BCUT2D eigenvalue weighted by Gasteiger charge is 2.28. The number of hydrogen-bond donors (Lipinski definition) is 2. The lowest BCUT2D eigenvalue weighted by Gasteiger charge is -2.27. The number of hydrogen-bond acceptors (Lipinski definition) is 8. The van der Waals surface area contributed by atoms with Gasteiger partial charge in [0.2, 0.25) is 11.6 Å². The van der Waals surface area contributed by atoms with E-state index < -0.39 is 10.8 Å². The lowest BCUT2D eigenvalue weighted by atomic mass is 10.2. The molecule has 1 amide bonds. The van der Waals surface area contributed by atoms with E-state index in [1.165, 1.54) is 12.4 Å². The maximum absolute atomic E-state index is 12.2. The predicted octanol–water partition coefficient (Wildman–Crippen LogP) is 1.63.